The molecule has 1 aromatic carbocycles. The molecular weight excluding hydrogens is 202 g/mol. The van der Waals surface area contributed by atoms with Crippen LogP contribution in [0.25, 0.3) is 10.9 Å². The Hall–Kier alpha value is -1.48. The van der Waals surface area contributed by atoms with Crippen LogP contribution < -0.4 is 4.84 Å². The summed E-state index contributed by atoms with van der Waals surface area (Å²) in [6.07, 6.45) is 3.32. The molecule has 2 aromatic rings. The molecule has 0 saturated heterocycles. The molecule has 16 heavy (non-hydrogen) atoms. The van der Waals surface area contributed by atoms with Crippen molar-refractivity contribution >= 4 is 10.9 Å². The van der Waals surface area contributed by atoms with Crippen molar-refractivity contribution in [1.29, 1.82) is 0 Å². The van der Waals surface area contributed by atoms with E-state index >= 15 is 0 Å². The average Bonchev–Trinajstić information content (AvgIpc) is 2.68. The fourth-order valence-electron chi connectivity index (χ4n) is 1.71. The fourth-order valence-corrected chi connectivity index (χ4v) is 1.71. The summed E-state index contributed by atoms with van der Waals surface area (Å²) in [7, 11) is 0. The zero-order chi connectivity index (χ0) is 11.4. The predicted octanol–water partition coefficient (Wildman–Crippen LogP) is 2.23. The standard InChI is InChI=1S/C13H17NO2/c1-11(15)5-4-10-16-14-9-8-12-6-2-3-7-13(12)14/h2-3,6-9,11,15H,4-5,10H2,1H3. The molecule has 86 valence electrons. The zero-order valence-corrected chi connectivity index (χ0v) is 9.47. The van der Waals surface area contributed by atoms with Crippen molar-refractivity contribution in [2.45, 2.75) is 25.9 Å². The molecule has 0 aliphatic rings. The average molecular weight is 219 g/mol. The number of rotatable bonds is 5. The summed E-state index contributed by atoms with van der Waals surface area (Å²) >= 11 is 0. The van der Waals surface area contributed by atoms with Crippen LogP contribution in [0.15, 0.2) is 36.5 Å². The Bertz CT molecular complexity index is 448. The second-order valence-electron chi connectivity index (χ2n) is 4.02. The normalized spacial score (nSPS) is 12.9. The number of nitrogens with zero attached hydrogens (tertiary/aromatic N) is 1. The van der Waals surface area contributed by atoms with Crippen molar-refractivity contribution in [3.8, 4) is 0 Å². The Morgan fingerprint density at radius 2 is 2.12 bits per heavy atom. The summed E-state index contributed by atoms with van der Waals surface area (Å²) in [4.78, 5) is 5.62. The highest BCUT2D eigenvalue weighted by atomic mass is 16.7. The highest BCUT2D eigenvalue weighted by Gasteiger charge is 2.00. The van der Waals surface area contributed by atoms with Gasteiger partial charge in [0.05, 0.1) is 11.6 Å². The molecular formula is C13H17NO2. The van der Waals surface area contributed by atoms with Crippen LogP contribution in [0.1, 0.15) is 19.8 Å². The van der Waals surface area contributed by atoms with Crippen LogP contribution in [0, 0.1) is 0 Å². The number of fused-ring (bicyclic) bond motifs is 1. The zero-order valence-electron chi connectivity index (χ0n) is 9.47. The van der Waals surface area contributed by atoms with Crippen LogP contribution in [0.3, 0.4) is 0 Å². The van der Waals surface area contributed by atoms with Gasteiger partial charge >= 0.3 is 0 Å². The monoisotopic (exact) mass is 219 g/mol. The molecule has 0 amide bonds. The smallest absolute Gasteiger partial charge is 0.115 e. The van der Waals surface area contributed by atoms with Crippen molar-refractivity contribution in [3.63, 3.8) is 0 Å². The molecule has 1 heterocycles. The van der Waals surface area contributed by atoms with Crippen LogP contribution in [0.5, 0.6) is 0 Å². The van der Waals surface area contributed by atoms with Gasteiger partial charge in [0.2, 0.25) is 0 Å². The van der Waals surface area contributed by atoms with E-state index in [2.05, 4.69) is 6.07 Å². The van der Waals surface area contributed by atoms with E-state index in [1.54, 1.807) is 11.7 Å². The molecule has 1 atom stereocenters. The number of aliphatic hydroxyl groups excluding tert-OH is 1. The van der Waals surface area contributed by atoms with E-state index in [1.807, 2.05) is 30.5 Å². The van der Waals surface area contributed by atoms with Gasteiger partial charge in [-0.05, 0) is 31.9 Å². The van der Waals surface area contributed by atoms with E-state index in [-0.39, 0.29) is 6.10 Å². The molecule has 2 rings (SSSR count). The molecule has 0 bridgehead atoms. The molecule has 1 unspecified atom stereocenters. The van der Waals surface area contributed by atoms with E-state index in [9.17, 15) is 0 Å². The highest BCUT2D eigenvalue weighted by molar-refractivity contribution is 5.79. The second kappa shape index (κ2) is 5.03. The summed E-state index contributed by atoms with van der Waals surface area (Å²) in [6, 6.07) is 10.1. The lowest BCUT2D eigenvalue weighted by Gasteiger charge is -2.08. The summed E-state index contributed by atoms with van der Waals surface area (Å²) < 4.78 is 1.79. The third-order valence-corrected chi connectivity index (χ3v) is 2.56. The van der Waals surface area contributed by atoms with Gasteiger partial charge in [0.25, 0.3) is 0 Å². The quantitative estimate of drug-likeness (QED) is 0.782. The number of benzene rings is 1. The number of hydrogen-bond donors (Lipinski definition) is 1. The van der Waals surface area contributed by atoms with Gasteiger partial charge in [-0.3, -0.25) is 0 Å². The lowest BCUT2D eigenvalue weighted by atomic mass is 10.2. The molecule has 0 aliphatic carbocycles. The van der Waals surface area contributed by atoms with Crippen molar-refractivity contribution in [2.75, 3.05) is 6.61 Å². The molecule has 3 heteroatoms. The number of hydrogen-bond acceptors (Lipinski definition) is 2. The molecule has 0 saturated carbocycles. The summed E-state index contributed by atoms with van der Waals surface area (Å²) in [6.45, 7) is 2.43. The third-order valence-electron chi connectivity index (χ3n) is 2.56. The second-order valence-corrected chi connectivity index (χ2v) is 4.02. The molecule has 0 radical (unpaired) electrons. The Balaban J connectivity index is 1.94. The van der Waals surface area contributed by atoms with E-state index in [0.717, 1.165) is 18.4 Å². The van der Waals surface area contributed by atoms with Gasteiger partial charge in [-0.1, -0.05) is 18.2 Å². The molecule has 3 nitrogen and oxygen atoms in total. The number of aliphatic hydroxyl groups is 1. The van der Waals surface area contributed by atoms with E-state index in [1.165, 1.54) is 5.39 Å². The Kier molecular flexibility index (Phi) is 3.47. The van der Waals surface area contributed by atoms with Gasteiger partial charge in [0.15, 0.2) is 0 Å². The maximum Gasteiger partial charge on any atom is 0.115 e. The van der Waals surface area contributed by atoms with Crippen molar-refractivity contribution < 1.29 is 9.94 Å². The van der Waals surface area contributed by atoms with Crippen LogP contribution in [-0.2, 0) is 0 Å². The topological polar surface area (TPSA) is 34.4 Å². The van der Waals surface area contributed by atoms with Crippen molar-refractivity contribution in [1.82, 2.24) is 4.73 Å². The van der Waals surface area contributed by atoms with Gasteiger partial charge in [0.1, 0.15) is 6.61 Å². The van der Waals surface area contributed by atoms with Crippen LogP contribution >= 0.6 is 0 Å². The van der Waals surface area contributed by atoms with Crippen LogP contribution in [0.2, 0.25) is 0 Å². The van der Waals surface area contributed by atoms with Crippen LogP contribution in [-0.4, -0.2) is 22.5 Å². The van der Waals surface area contributed by atoms with Gasteiger partial charge in [-0.25, -0.2) is 0 Å². The minimum absolute atomic E-state index is 0.245. The Labute approximate surface area is 95.2 Å². The largest absolute Gasteiger partial charge is 0.414 e. The first-order chi connectivity index (χ1) is 7.77. The SMILES string of the molecule is CC(O)CCCOn1ccc2ccccc21. The third kappa shape index (κ3) is 2.55. The Morgan fingerprint density at radius 3 is 2.94 bits per heavy atom. The lowest BCUT2D eigenvalue weighted by molar-refractivity contribution is 0.102. The first-order valence-corrected chi connectivity index (χ1v) is 5.65. The maximum absolute atomic E-state index is 9.12. The van der Waals surface area contributed by atoms with Gasteiger partial charge < -0.3 is 9.94 Å². The molecule has 0 spiro atoms. The first-order valence-electron chi connectivity index (χ1n) is 5.65. The van der Waals surface area contributed by atoms with Gasteiger partial charge in [0, 0.05) is 11.6 Å². The first kappa shape index (κ1) is 11.0. The number of para-hydroxylation sites is 1. The molecule has 0 fully saturated rings. The highest BCUT2D eigenvalue weighted by Crippen LogP contribution is 2.13. The van der Waals surface area contributed by atoms with Crippen LogP contribution in [0.4, 0.5) is 0 Å². The van der Waals surface area contributed by atoms with E-state index in [4.69, 9.17) is 9.94 Å². The maximum atomic E-state index is 9.12. The number of aromatic nitrogens is 1. The summed E-state index contributed by atoms with van der Waals surface area (Å²) in [5.41, 5.74) is 1.08. The van der Waals surface area contributed by atoms with Gasteiger partial charge in [-0.15, -0.1) is 0 Å². The minimum atomic E-state index is -0.245. The van der Waals surface area contributed by atoms with E-state index < -0.39 is 0 Å². The lowest BCUT2D eigenvalue weighted by Crippen LogP contribution is -2.13. The summed E-state index contributed by atoms with van der Waals surface area (Å²) in [5.74, 6) is 0. The molecule has 0 aliphatic heterocycles. The van der Waals surface area contributed by atoms with Gasteiger partial charge in [-0.2, -0.15) is 4.73 Å². The molecule has 1 N–H and O–H groups in total. The summed E-state index contributed by atoms with van der Waals surface area (Å²) in [5, 5.41) is 10.3. The van der Waals surface area contributed by atoms with E-state index in [0.29, 0.717) is 6.61 Å². The van der Waals surface area contributed by atoms with Crippen molar-refractivity contribution in [2.24, 2.45) is 0 Å². The predicted molar refractivity (Wildman–Crippen MR) is 64.3 cm³/mol. The van der Waals surface area contributed by atoms with Crippen molar-refractivity contribution in [3.05, 3.63) is 36.5 Å². The molecule has 1 aromatic heterocycles. The fraction of sp³-hybridized carbons (Fsp3) is 0.385. The minimum Gasteiger partial charge on any atom is -0.414 e. The Morgan fingerprint density at radius 1 is 1.31 bits per heavy atom.